The lowest BCUT2D eigenvalue weighted by Gasteiger charge is -2.05. The molecular weight excluding hydrogens is 262 g/mol. The number of para-hydroxylation sites is 1. The van der Waals surface area contributed by atoms with Crippen LogP contribution in [0.4, 0.5) is 0 Å². The number of benzene rings is 2. The van der Waals surface area contributed by atoms with Crippen LogP contribution in [0, 0.1) is 6.92 Å². The molecule has 1 aromatic heterocycles. The second-order valence-electron chi connectivity index (χ2n) is 5.01. The molecule has 106 valence electrons. The van der Waals surface area contributed by atoms with Crippen LogP contribution in [0.2, 0.25) is 0 Å². The second kappa shape index (κ2) is 5.44. The van der Waals surface area contributed by atoms with Gasteiger partial charge in [-0.05, 0) is 25.5 Å². The summed E-state index contributed by atoms with van der Waals surface area (Å²) in [5, 5.41) is 1.03. The van der Waals surface area contributed by atoms with Gasteiger partial charge in [0.2, 0.25) is 0 Å². The van der Waals surface area contributed by atoms with E-state index in [9.17, 15) is 4.79 Å². The standard InChI is InChI=1S/C18H17NO2/c1-3-21-18(20)17-16(13-10-8-12(2)9-11-13)14-6-4-5-7-15(14)19-17/h4-11,19H,3H2,1-2H3. The first-order valence-electron chi connectivity index (χ1n) is 7.05. The molecule has 0 spiro atoms. The van der Waals surface area contributed by atoms with E-state index in [1.54, 1.807) is 0 Å². The van der Waals surface area contributed by atoms with Gasteiger partial charge >= 0.3 is 5.97 Å². The Labute approximate surface area is 123 Å². The number of carbonyl (C=O) groups excluding carboxylic acids is 1. The van der Waals surface area contributed by atoms with Gasteiger partial charge in [0, 0.05) is 16.5 Å². The van der Waals surface area contributed by atoms with E-state index in [2.05, 4.69) is 4.98 Å². The summed E-state index contributed by atoms with van der Waals surface area (Å²) in [6.45, 7) is 4.22. The minimum absolute atomic E-state index is 0.315. The fourth-order valence-corrected chi connectivity index (χ4v) is 2.52. The Balaban J connectivity index is 2.24. The number of hydrogen-bond acceptors (Lipinski definition) is 2. The zero-order valence-electron chi connectivity index (χ0n) is 12.1. The van der Waals surface area contributed by atoms with Gasteiger partial charge in [-0.25, -0.2) is 4.79 Å². The van der Waals surface area contributed by atoms with E-state index < -0.39 is 0 Å². The SMILES string of the molecule is CCOC(=O)c1[nH]c2ccccc2c1-c1ccc(C)cc1. The van der Waals surface area contributed by atoms with Crippen molar-refractivity contribution < 1.29 is 9.53 Å². The second-order valence-corrected chi connectivity index (χ2v) is 5.01. The van der Waals surface area contributed by atoms with Crippen LogP contribution < -0.4 is 0 Å². The minimum Gasteiger partial charge on any atom is -0.461 e. The van der Waals surface area contributed by atoms with Crippen LogP contribution in [0.1, 0.15) is 23.0 Å². The molecular formula is C18H17NO2. The molecule has 0 amide bonds. The van der Waals surface area contributed by atoms with Crippen molar-refractivity contribution in [3.8, 4) is 11.1 Å². The van der Waals surface area contributed by atoms with Gasteiger partial charge in [0.1, 0.15) is 5.69 Å². The molecule has 0 saturated carbocycles. The largest absolute Gasteiger partial charge is 0.461 e. The minimum atomic E-state index is -0.315. The monoisotopic (exact) mass is 279 g/mol. The van der Waals surface area contributed by atoms with Crippen LogP contribution in [0.5, 0.6) is 0 Å². The number of hydrogen-bond donors (Lipinski definition) is 1. The zero-order valence-corrected chi connectivity index (χ0v) is 12.1. The van der Waals surface area contributed by atoms with E-state index in [1.165, 1.54) is 5.56 Å². The van der Waals surface area contributed by atoms with Crippen molar-refractivity contribution in [2.24, 2.45) is 0 Å². The third-order valence-corrected chi connectivity index (χ3v) is 3.53. The third-order valence-electron chi connectivity index (χ3n) is 3.53. The third kappa shape index (κ3) is 2.42. The van der Waals surface area contributed by atoms with E-state index in [-0.39, 0.29) is 5.97 Å². The van der Waals surface area contributed by atoms with Crippen LogP contribution in [-0.2, 0) is 4.74 Å². The lowest BCUT2D eigenvalue weighted by molar-refractivity contribution is 0.0521. The highest BCUT2D eigenvalue weighted by Crippen LogP contribution is 2.33. The number of aryl methyl sites for hydroxylation is 1. The molecule has 0 radical (unpaired) electrons. The summed E-state index contributed by atoms with van der Waals surface area (Å²) in [7, 11) is 0. The molecule has 0 aliphatic heterocycles. The van der Waals surface area contributed by atoms with E-state index in [0.717, 1.165) is 22.0 Å². The molecule has 0 bridgehead atoms. The molecule has 3 rings (SSSR count). The highest BCUT2D eigenvalue weighted by Gasteiger charge is 2.19. The van der Waals surface area contributed by atoms with Gasteiger partial charge in [-0.2, -0.15) is 0 Å². The molecule has 0 aliphatic carbocycles. The van der Waals surface area contributed by atoms with Crippen molar-refractivity contribution in [1.82, 2.24) is 4.98 Å². The normalized spacial score (nSPS) is 10.8. The van der Waals surface area contributed by atoms with Gasteiger partial charge < -0.3 is 9.72 Å². The summed E-state index contributed by atoms with van der Waals surface area (Å²) in [4.78, 5) is 15.4. The van der Waals surface area contributed by atoms with Gasteiger partial charge in [-0.1, -0.05) is 48.0 Å². The molecule has 3 aromatic rings. The number of nitrogens with one attached hydrogen (secondary N) is 1. The van der Waals surface area contributed by atoms with Gasteiger partial charge in [0.05, 0.1) is 6.61 Å². The number of fused-ring (bicyclic) bond motifs is 1. The molecule has 0 aliphatic rings. The van der Waals surface area contributed by atoms with E-state index in [1.807, 2.05) is 62.4 Å². The molecule has 0 fully saturated rings. The summed E-state index contributed by atoms with van der Waals surface area (Å²) in [5.41, 5.74) is 4.57. The summed E-state index contributed by atoms with van der Waals surface area (Å²) in [5.74, 6) is -0.315. The summed E-state index contributed by atoms with van der Waals surface area (Å²) in [6.07, 6.45) is 0. The Morgan fingerprint density at radius 2 is 1.81 bits per heavy atom. The molecule has 21 heavy (non-hydrogen) atoms. The Hall–Kier alpha value is -2.55. The van der Waals surface area contributed by atoms with Crippen molar-refractivity contribution in [3.63, 3.8) is 0 Å². The maximum Gasteiger partial charge on any atom is 0.355 e. The van der Waals surface area contributed by atoms with Crippen LogP contribution in [0.25, 0.3) is 22.0 Å². The van der Waals surface area contributed by atoms with Gasteiger partial charge in [-0.15, -0.1) is 0 Å². The predicted octanol–water partition coefficient (Wildman–Crippen LogP) is 4.32. The summed E-state index contributed by atoms with van der Waals surface area (Å²) in [6, 6.07) is 16.1. The number of esters is 1. The first-order chi connectivity index (χ1) is 10.2. The number of H-pyrrole nitrogens is 1. The van der Waals surface area contributed by atoms with Crippen molar-refractivity contribution in [2.45, 2.75) is 13.8 Å². The first-order valence-corrected chi connectivity index (χ1v) is 7.05. The lowest BCUT2D eigenvalue weighted by Crippen LogP contribution is -2.06. The summed E-state index contributed by atoms with van der Waals surface area (Å²) >= 11 is 0. The van der Waals surface area contributed by atoms with Crippen molar-refractivity contribution in [2.75, 3.05) is 6.61 Å². The van der Waals surface area contributed by atoms with Crippen molar-refractivity contribution in [3.05, 3.63) is 59.8 Å². The van der Waals surface area contributed by atoms with E-state index >= 15 is 0 Å². The number of rotatable bonds is 3. The number of aromatic amines is 1. The molecule has 0 atom stereocenters. The van der Waals surface area contributed by atoms with E-state index in [4.69, 9.17) is 4.74 Å². The van der Waals surface area contributed by atoms with Gasteiger partial charge in [0.25, 0.3) is 0 Å². The maximum absolute atomic E-state index is 12.2. The average Bonchev–Trinajstić information content (AvgIpc) is 2.88. The van der Waals surface area contributed by atoms with Gasteiger partial charge in [0.15, 0.2) is 0 Å². The van der Waals surface area contributed by atoms with Crippen LogP contribution in [-0.4, -0.2) is 17.6 Å². The maximum atomic E-state index is 12.2. The number of aromatic nitrogens is 1. The van der Waals surface area contributed by atoms with Gasteiger partial charge in [-0.3, -0.25) is 0 Å². The molecule has 3 heteroatoms. The fraction of sp³-hybridized carbons (Fsp3) is 0.167. The molecule has 0 unspecified atom stereocenters. The Kier molecular flexibility index (Phi) is 3.48. The molecule has 0 saturated heterocycles. The highest BCUT2D eigenvalue weighted by atomic mass is 16.5. The predicted molar refractivity (Wildman–Crippen MR) is 84.4 cm³/mol. The average molecular weight is 279 g/mol. The zero-order chi connectivity index (χ0) is 14.8. The number of ether oxygens (including phenoxy) is 1. The molecule has 1 heterocycles. The van der Waals surface area contributed by atoms with Crippen LogP contribution in [0.15, 0.2) is 48.5 Å². The van der Waals surface area contributed by atoms with Crippen LogP contribution in [0.3, 0.4) is 0 Å². The Morgan fingerprint density at radius 1 is 1.10 bits per heavy atom. The quantitative estimate of drug-likeness (QED) is 0.725. The van der Waals surface area contributed by atoms with Crippen molar-refractivity contribution >= 4 is 16.9 Å². The lowest BCUT2D eigenvalue weighted by atomic mass is 10.0. The fourth-order valence-electron chi connectivity index (χ4n) is 2.52. The number of carbonyl (C=O) groups is 1. The van der Waals surface area contributed by atoms with E-state index in [0.29, 0.717) is 12.3 Å². The molecule has 3 nitrogen and oxygen atoms in total. The Morgan fingerprint density at radius 3 is 2.52 bits per heavy atom. The highest BCUT2D eigenvalue weighted by molar-refractivity contribution is 6.07. The Bertz CT molecular complexity index is 785. The summed E-state index contributed by atoms with van der Waals surface area (Å²) < 4.78 is 5.17. The first kappa shape index (κ1) is 13.4. The molecule has 2 aromatic carbocycles. The van der Waals surface area contributed by atoms with Crippen molar-refractivity contribution in [1.29, 1.82) is 0 Å². The molecule has 1 N–H and O–H groups in total. The topological polar surface area (TPSA) is 42.1 Å². The van der Waals surface area contributed by atoms with Crippen LogP contribution >= 0.6 is 0 Å². The smallest absolute Gasteiger partial charge is 0.355 e.